The standard InChI is InChI=1S/C12H13N5/c1-7-9(6-17(2)16-7)11-5-8-10(13)3-4-14-12(8)15-11/h3-6H,1-2H3,(H3,13,14,15). The molecule has 0 fully saturated rings. The first-order chi connectivity index (χ1) is 8.15. The summed E-state index contributed by atoms with van der Waals surface area (Å²) in [6.07, 6.45) is 3.68. The molecular formula is C12H13N5. The molecule has 0 saturated carbocycles. The van der Waals surface area contributed by atoms with Crippen molar-refractivity contribution in [2.24, 2.45) is 7.05 Å². The van der Waals surface area contributed by atoms with Crippen LogP contribution in [0.2, 0.25) is 0 Å². The molecule has 3 aromatic heterocycles. The molecule has 0 amide bonds. The first kappa shape index (κ1) is 9.89. The molecule has 0 unspecified atom stereocenters. The highest BCUT2D eigenvalue weighted by Crippen LogP contribution is 2.27. The summed E-state index contributed by atoms with van der Waals surface area (Å²) in [6, 6.07) is 3.82. The zero-order valence-electron chi connectivity index (χ0n) is 9.73. The van der Waals surface area contributed by atoms with Crippen molar-refractivity contribution >= 4 is 16.7 Å². The third-order valence-corrected chi connectivity index (χ3v) is 2.87. The minimum absolute atomic E-state index is 0.735. The molecule has 0 aliphatic rings. The Morgan fingerprint density at radius 3 is 2.88 bits per heavy atom. The number of H-pyrrole nitrogens is 1. The van der Waals surface area contributed by atoms with Crippen molar-refractivity contribution in [3.63, 3.8) is 0 Å². The molecule has 3 rings (SSSR count). The molecule has 0 saturated heterocycles. The van der Waals surface area contributed by atoms with Gasteiger partial charge in [-0.2, -0.15) is 5.10 Å². The molecule has 5 heteroatoms. The fourth-order valence-electron chi connectivity index (χ4n) is 2.06. The number of pyridine rings is 1. The van der Waals surface area contributed by atoms with Crippen molar-refractivity contribution in [1.82, 2.24) is 19.7 Å². The summed E-state index contributed by atoms with van der Waals surface area (Å²) >= 11 is 0. The van der Waals surface area contributed by atoms with Gasteiger partial charge in [0.05, 0.1) is 11.4 Å². The van der Waals surface area contributed by atoms with Gasteiger partial charge in [0.2, 0.25) is 0 Å². The summed E-state index contributed by atoms with van der Waals surface area (Å²) in [4.78, 5) is 7.52. The van der Waals surface area contributed by atoms with E-state index in [0.29, 0.717) is 0 Å². The predicted octanol–water partition coefficient (Wildman–Crippen LogP) is 1.85. The van der Waals surface area contributed by atoms with Crippen molar-refractivity contribution in [3.05, 3.63) is 30.2 Å². The summed E-state index contributed by atoms with van der Waals surface area (Å²) in [5, 5.41) is 5.27. The van der Waals surface area contributed by atoms with Gasteiger partial charge in [-0.25, -0.2) is 4.98 Å². The molecule has 3 N–H and O–H groups in total. The van der Waals surface area contributed by atoms with Crippen LogP contribution < -0.4 is 5.73 Å². The number of hydrogen-bond donors (Lipinski definition) is 2. The van der Waals surface area contributed by atoms with Crippen LogP contribution in [0.4, 0.5) is 5.69 Å². The van der Waals surface area contributed by atoms with Crippen molar-refractivity contribution < 1.29 is 0 Å². The first-order valence-corrected chi connectivity index (χ1v) is 5.39. The molecular weight excluding hydrogens is 214 g/mol. The molecule has 0 spiro atoms. The zero-order chi connectivity index (χ0) is 12.0. The number of fused-ring (bicyclic) bond motifs is 1. The summed E-state index contributed by atoms with van der Waals surface area (Å²) in [5.41, 5.74) is 10.5. The number of nitrogens with one attached hydrogen (secondary N) is 1. The average molecular weight is 227 g/mol. The van der Waals surface area contributed by atoms with Crippen molar-refractivity contribution in [2.45, 2.75) is 6.92 Å². The molecule has 17 heavy (non-hydrogen) atoms. The lowest BCUT2D eigenvalue weighted by Crippen LogP contribution is -1.86. The predicted molar refractivity (Wildman–Crippen MR) is 67.4 cm³/mol. The van der Waals surface area contributed by atoms with Crippen LogP contribution in [-0.4, -0.2) is 19.7 Å². The quantitative estimate of drug-likeness (QED) is 0.666. The molecule has 3 heterocycles. The Hall–Kier alpha value is -2.30. The number of nitrogens with zero attached hydrogens (tertiary/aromatic N) is 3. The third kappa shape index (κ3) is 1.47. The second-order valence-electron chi connectivity index (χ2n) is 4.15. The number of nitrogens with two attached hydrogens (primary N) is 1. The van der Waals surface area contributed by atoms with Gasteiger partial charge in [0.15, 0.2) is 0 Å². The second-order valence-corrected chi connectivity index (χ2v) is 4.15. The highest BCUT2D eigenvalue weighted by molar-refractivity contribution is 5.92. The summed E-state index contributed by atoms with van der Waals surface area (Å²) in [7, 11) is 1.91. The van der Waals surface area contributed by atoms with E-state index in [4.69, 9.17) is 5.73 Å². The lowest BCUT2D eigenvalue weighted by atomic mass is 10.2. The molecule has 3 aromatic rings. The van der Waals surface area contributed by atoms with Gasteiger partial charge in [0.25, 0.3) is 0 Å². The minimum Gasteiger partial charge on any atom is -0.398 e. The normalized spacial score (nSPS) is 11.2. The van der Waals surface area contributed by atoms with Crippen molar-refractivity contribution in [3.8, 4) is 11.3 Å². The molecule has 0 radical (unpaired) electrons. The lowest BCUT2D eigenvalue weighted by Gasteiger charge is -1.91. The highest BCUT2D eigenvalue weighted by Gasteiger charge is 2.10. The lowest BCUT2D eigenvalue weighted by molar-refractivity contribution is 0.756. The van der Waals surface area contributed by atoms with Gasteiger partial charge in [-0.1, -0.05) is 0 Å². The number of aromatic nitrogens is 4. The molecule has 0 aliphatic heterocycles. The minimum atomic E-state index is 0.735. The maximum atomic E-state index is 5.91. The maximum absolute atomic E-state index is 5.91. The molecule has 0 bridgehead atoms. The number of rotatable bonds is 1. The van der Waals surface area contributed by atoms with Crippen LogP contribution in [0.5, 0.6) is 0 Å². The van der Waals surface area contributed by atoms with Crippen LogP contribution in [0.1, 0.15) is 5.69 Å². The van der Waals surface area contributed by atoms with Crippen LogP contribution in [0, 0.1) is 6.92 Å². The van der Waals surface area contributed by atoms with Gasteiger partial charge >= 0.3 is 0 Å². The van der Waals surface area contributed by atoms with Gasteiger partial charge in [-0.05, 0) is 19.1 Å². The van der Waals surface area contributed by atoms with E-state index in [9.17, 15) is 0 Å². The van der Waals surface area contributed by atoms with Gasteiger partial charge < -0.3 is 10.7 Å². The van der Waals surface area contributed by atoms with Crippen LogP contribution in [0.15, 0.2) is 24.5 Å². The maximum Gasteiger partial charge on any atom is 0.139 e. The molecule has 0 aliphatic carbocycles. The van der Waals surface area contributed by atoms with Crippen LogP contribution in [0.3, 0.4) is 0 Å². The first-order valence-electron chi connectivity index (χ1n) is 5.39. The second kappa shape index (κ2) is 3.35. The van der Waals surface area contributed by atoms with Crippen LogP contribution >= 0.6 is 0 Å². The highest BCUT2D eigenvalue weighted by atomic mass is 15.2. The Labute approximate surface area is 98.3 Å². The van der Waals surface area contributed by atoms with Crippen LogP contribution in [-0.2, 0) is 7.05 Å². The van der Waals surface area contributed by atoms with Gasteiger partial charge in [-0.15, -0.1) is 0 Å². The SMILES string of the molecule is Cc1nn(C)cc1-c1cc2c(N)ccnc2[nH]1. The number of anilines is 1. The van der Waals surface area contributed by atoms with E-state index >= 15 is 0 Å². The van der Waals surface area contributed by atoms with Crippen molar-refractivity contribution in [1.29, 1.82) is 0 Å². The van der Waals surface area contributed by atoms with E-state index in [2.05, 4.69) is 15.1 Å². The van der Waals surface area contributed by atoms with Gasteiger partial charge in [-0.3, -0.25) is 4.68 Å². The fraction of sp³-hybridized carbons (Fsp3) is 0.167. The third-order valence-electron chi connectivity index (χ3n) is 2.87. The van der Waals surface area contributed by atoms with Gasteiger partial charge in [0.1, 0.15) is 5.65 Å². The van der Waals surface area contributed by atoms with E-state index in [1.165, 1.54) is 0 Å². The Morgan fingerprint density at radius 2 is 2.24 bits per heavy atom. The Morgan fingerprint density at radius 1 is 1.41 bits per heavy atom. The molecule has 86 valence electrons. The number of nitrogen functional groups attached to an aromatic ring is 1. The van der Waals surface area contributed by atoms with Crippen molar-refractivity contribution in [2.75, 3.05) is 5.73 Å². The number of aryl methyl sites for hydroxylation is 2. The topological polar surface area (TPSA) is 72.5 Å². The smallest absolute Gasteiger partial charge is 0.139 e. The summed E-state index contributed by atoms with van der Waals surface area (Å²) in [5.74, 6) is 0. The number of hydrogen-bond acceptors (Lipinski definition) is 3. The monoisotopic (exact) mass is 227 g/mol. The van der Waals surface area contributed by atoms with Gasteiger partial charge in [0, 0.05) is 36.1 Å². The van der Waals surface area contributed by atoms with E-state index in [1.807, 2.05) is 26.2 Å². The fourth-order valence-corrected chi connectivity index (χ4v) is 2.06. The zero-order valence-corrected chi connectivity index (χ0v) is 9.73. The van der Waals surface area contributed by atoms with E-state index in [-0.39, 0.29) is 0 Å². The molecule has 0 aromatic carbocycles. The molecule has 5 nitrogen and oxygen atoms in total. The van der Waals surface area contributed by atoms with E-state index in [0.717, 1.165) is 33.7 Å². The Bertz CT molecular complexity index is 692. The summed E-state index contributed by atoms with van der Waals surface area (Å²) < 4.78 is 1.80. The van der Waals surface area contributed by atoms with E-state index < -0.39 is 0 Å². The Kier molecular flexibility index (Phi) is 1.95. The van der Waals surface area contributed by atoms with Crippen LogP contribution in [0.25, 0.3) is 22.3 Å². The summed E-state index contributed by atoms with van der Waals surface area (Å²) in [6.45, 7) is 1.98. The number of aromatic amines is 1. The van der Waals surface area contributed by atoms with E-state index in [1.54, 1.807) is 16.9 Å². The largest absolute Gasteiger partial charge is 0.398 e. The molecule has 0 atom stereocenters. The Balaban J connectivity index is 2.25. The average Bonchev–Trinajstić information content (AvgIpc) is 2.82.